The van der Waals surface area contributed by atoms with E-state index >= 15 is 0 Å². The molecule has 30 heavy (non-hydrogen) atoms. The number of methoxy groups -OCH3 is 2. The van der Waals surface area contributed by atoms with E-state index in [1.54, 1.807) is 24.3 Å². The molecular formula is C23H21NO6. The molecule has 0 radical (unpaired) electrons. The number of benzene rings is 3. The first-order chi connectivity index (χ1) is 14.5. The number of esters is 1. The minimum Gasteiger partial charge on any atom is -0.497 e. The number of rotatable bonds is 8. The van der Waals surface area contributed by atoms with Gasteiger partial charge in [-0.1, -0.05) is 30.3 Å². The van der Waals surface area contributed by atoms with Gasteiger partial charge < -0.3 is 19.5 Å². The fraction of sp³-hybridized carbons (Fsp3) is 0.174. The van der Waals surface area contributed by atoms with Gasteiger partial charge in [0, 0.05) is 5.56 Å². The van der Waals surface area contributed by atoms with Crippen LogP contribution < -0.4 is 14.8 Å². The molecule has 0 aliphatic heterocycles. The molecule has 3 aromatic rings. The molecule has 0 bridgehead atoms. The lowest BCUT2D eigenvalue weighted by Crippen LogP contribution is -2.31. The average Bonchev–Trinajstić information content (AvgIpc) is 2.80. The van der Waals surface area contributed by atoms with Gasteiger partial charge in [-0.15, -0.1) is 0 Å². The van der Waals surface area contributed by atoms with Gasteiger partial charge in [0.05, 0.1) is 19.8 Å². The summed E-state index contributed by atoms with van der Waals surface area (Å²) in [4.78, 5) is 36.6. The Bertz CT molecular complexity index is 1090. The van der Waals surface area contributed by atoms with Crippen molar-refractivity contribution in [3.63, 3.8) is 0 Å². The number of carbonyl (C=O) groups is 3. The average molecular weight is 407 g/mol. The largest absolute Gasteiger partial charge is 0.497 e. The molecule has 3 rings (SSSR count). The first kappa shape index (κ1) is 20.9. The molecule has 0 heterocycles. The van der Waals surface area contributed by atoms with Gasteiger partial charge in [0.2, 0.25) is 5.78 Å². The maximum Gasteiger partial charge on any atom is 0.325 e. The summed E-state index contributed by atoms with van der Waals surface area (Å²) in [7, 11) is 2.92. The van der Waals surface area contributed by atoms with Crippen LogP contribution in [0, 0.1) is 0 Å². The Kier molecular flexibility index (Phi) is 6.64. The molecule has 0 aliphatic rings. The smallest absolute Gasteiger partial charge is 0.325 e. The van der Waals surface area contributed by atoms with Gasteiger partial charge in [-0.05, 0) is 41.1 Å². The lowest BCUT2D eigenvalue weighted by Gasteiger charge is -2.10. The normalized spacial score (nSPS) is 10.3. The third kappa shape index (κ3) is 4.94. The van der Waals surface area contributed by atoms with E-state index in [1.807, 2.05) is 30.3 Å². The molecule has 1 amide bonds. The lowest BCUT2D eigenvalue weighted by molar-refractivity contribution is -0.141. The van der Waals surface area contributed by atoms with Crippen LogP contribution in [-0.2, 0) is 9.53 Å². The van der Waals surface area contributed by atoms with Crippen molar-refractivity contribution in [1.29, 1.82) is 0 Å². The maximum atomic E-state index is 12.4. The molecule has 0 atom stereocenters. The van der Waals surface area contributed by atoms with Crippen LogP contribution in [0.3, 0.4) is 0 Å². The molecule has 1 N–H and O–H groups in total. The van der Waals surface area contributed by atoms with Crippen molar-refractivity contribution < 1.29 is 28.6 Å². The predicted molar refractivity (Wildman–Crippen MR) is 111 cm³/mol. The predicted octanol–water partition coefficient (Wildman–Crippen LogP) is 3.01. The molecule has 0 spiro atoms. The summed E-state index contributed by atoms with van der Waals surface area (Å²) in [5.41, 5.74) is 0.670. The van der Waals surface area contributed by atoms with Crippen LogP contribution in [0.1, 0.15) is 20.7 Å². The number of ether oxygens (including phenoxy) is 3. The zero-order valence-corrected chi connectivity index (χ0v) is 16.6. The third-order valence-corrected chi connectivity index (χ3v) is 4.48. The Morgan fingerprint density at radius 3 is 2.37 bits per heavy atom. The number of ketones is 1. The molecule has 0 saturated carbocycles. The van der Waals surface area contributed by atoms with Gasteiger partial charge in [0.15, 0.2) is 6.61 Å². The zero-order valence-electron chi connectivity index (χ0n) is 16.6. The summed E-state index contributed by atoms with van der Waals surface area (Å²) in [6.07, 6.45) is 0. The molecule has 0 saturated heterocycles. The minimum atomic E-state index is -0.723. The topological polar surface area (TPSA) is 90.9 Å². The molecular weight excluding hydrogens is 386 g/mol. The van der Waals surface area contributed by atoms with Gasteiger partial charge in [-0.25, -0.2) is 0 Å². The summed E-state index contributed by atoms with van der Waals surface area (Å²) in [6, 6.07) is 17.7. The van der Waals surface area contributed by atoms with Crippen molar-refractivity contribution in [2.24, 2.45) is 0 Å². The second-order valence-corrected chi connectivity index (χ2v) is 6.39. The maximum absolute atomic E-state index is 12.4. The molecule has 0 aromatic heterocycles. The van der Waals surface area contributed by atoms with Crippen molar-refractivity contribution in [3.8, 4) is 11.5 Å². The second-order valence-electron chi connectivity index (χ2n) is 6.39. The van der Waals surface area contributed by atoms with E-state index in [0.29, 0.717) is 17.1 Å². The standard InChI is InChI=1S/C23H21NO6/c1-28-18-9-10-21(29-2)19(12-18)20(25)14-30-22(26)13-24-23(27)17-8-7-15-5-3-4-6-16(15)11-17/h3-12H,13-14H2,1-2H3,(H,24,27). The van der Waals surface area contributed by atoms with E-state index in [-0.39, 0.29) is 12.1 Å². The summed E-state index contributed by atoms with van der Waals surface area (Å²) < 4.78 is 15.2. The Balaban J connectivity index is 1.54. The highest BCUT2D eigenvalue weighted by Gasteiger charge is 2.16. The van der Waals surface area contributed by atoms with Gasteiger partial charge >= 0.3 is 5.97 Å². The summed E-state index contributed by atoms with van der Waals surface area (Å²) in [5, 5.41) is 4.43. The number of amides is 1. The summed E-state index contributed by atoms with van der Waals surface area (Å²) in [6.45, 7) is -0.831. The quantitative estimate of drug-likeness (QED) is 0.456. The van der Waals surface area contributed by atoms with Crippen molar-refractivity contribution in [1.82, 2.24) is 5.32 Å². The van der Waals surface area contributed by atoms with Crippen LogP contribution in [0.2, 0.25) is 0 Å². The monoisotopic (exact) mass is 407 g/mol. The fourth-order valence-electron chi connectivity index (χ4n) is 2.89. The Labute approximate surface area is 173 Å². The first-order valence-electron chi connectivity index (χ1n) is 9.19. The molecule has 7 nitrogen and oxygen atoms in total. The molecule has 0 aliphatic carbocycles. The summed E-state index contributed by atoms with van der Waals surface area (Å²) in [5.74, 6) is -0.743. The number of hydrogen-bond donors (Lipinski definition) is 1. The number of Topliss-reactive ketones (excluding diaryl/α,β-unsaturated/α-hetero) is 1. The molecule has 3 aromatic carbocycles. The molecule has 154 valence electrons. The van der Waals surface area contributed by atoms with E-state index in [1.165, 1.54) is 20.3 Å². The van der Waals surface area contributed by atoms with Gasteiger partial charge in [0.25, 0.3) is 5.91 Å². The van der Waals surface area contributed by atoms with E-state index < -0.39 is 24.3 Å². The van der Waals surface area contributed by atoms with E-state index in [2.05, 4.69) is 5.32 Å². The highest BCUT2D eigenvalue weighted by atomic mass is 16.5. The van der Waals surface area contributed by atoms with Crippen LogP contribution in [0.5, 0.6) is 11.5 Å². The fourth-order valence-corrected chi connectivity index (χ4v) is 2.89. The number of carbonyl (C=O) groups excluding carboxylic acids is 3. The minimum absolute atomic E-state index is 0.241. The van der Waals surface area contributed by atoms with Crippen LogP contribution >= 0.6 is 0 Å². The zero-order chi connectivity index (χ0) is 21.5. The number of nitrogens with one attached hydrogen (secondary N) is 1. The van der Waals surface area contributed by atoms with E-state index in [9.17, 15) is 14.4 Å². The van der Waals surface area contributed by atoms with Crippen LogP contribution in [0.4, 0.5) is 0 Å². The van der Waals surface area contributed by atoms with E-state index in [0.717, 1.165) is 10.8 Å². The van der Waals surface area contributed by atoms with Gasteiger partial charge in [0.1, 0.15) is 18.0 Å². The third-order valence-electron chi connectivity index (χ3n) is 4.48. The first-order valence-corrected chi connectivity index (χ1v) is 9.19. The van der Waals surface area contributed by atoms with Gasteiger partial charge in [-0.3, -0.25) is 14.4 Å². The van der Waals surface area contributed by atoms with Crippen molar-refractivity contribution in [2.45, 2.75) is 0 Å². The Hall–Kier alpha value is -3.87. The lowest BCUT2D eigenvalue weighted by atomic mass is 10.1. The molecule has 0 unspecified atom stereocenters. The van der Waals surface area contributed by atoms with Crippen molar-refractivity contribution in [2.75, 3.05) is 27.4 Å². The van der Waals surface area contributed by atoms with Crippen molar-refractivity contribution in [3.05, 3.63) is 71.8 Å². The van der Waals surface area contributed by atoms with Crippen LogP contribution in [-0.4, -0.2) is 45.0 Å². The Morgan fingerprint density at radius 1 is 0.867 bits per heavy atom. The van der Waals surface area contributed by atoms with Crippen LogP contribution in [0.15, 0.2) is 60.7 Å². The molecule has 0 fully saturated rings. The SMILES string of the molecule is COc1ccc(OC)c(C(=O)COC(=O)CNC(=O)c2ccc3ccccc3c2)c1. The highest BCUT2D eigenvalue weighted by molar-refractivity contribution is 6.01. The van der Waals surface area contributed by atoms with Gasteiger partial charge in [-0.2, -0.15) is 0 Å². The molecule has 7 heteroatoms. The van der Waals surface area contributed by atoms with Crippen LogP contribution in [0.25, 0.3) is 10.8 Å². The highest BCUT2D eigenvalue weighted by Crippen LogP contribution is 2.24. The Morgan fingerprint density at radius 2 is 1.63 bits per heavy atom. The van der Waals surface area contributed by atoms with E-state index in [4.69, 9.17) is 14.2 Å². The van der Waals surface area contributed by atoms with Crippen molar-refractivity contribution >= 4 is 28.4 Å². The number of fused-ring (bicyclic) bond motifs is 1. The summed E-state index contributed by atoms with van der Waals surface area (Å²) >= 11 is 0. The number of hydrogen-bond acceptors (Lipinski definition) is 6. The second kappa shape index (κ2) is 9.56.